The summed E-state index contributed by atoms with van der Waals surface area (Å²) in [6.07, 6.45) is 1.93. The number of aryl methyl sites for hydroxylation is 1. The lowest BCUT2D eigenvalue weighted by Crippen LogP contribution is -2.19. The third-order valence-corrected chi connectivity index (χ3v) is 4.94. The average Bonchev–Trinajstić information content (AvgIpc) is 2.96. The highest BCUT2D eigenvalue weighted by molar-refractivity contribution is 8.18. The Labute approximate surface area is 150 Å². The number of aliphatic imine (C=N–C) groups is 1. The molecule has 25 heavy (non-hydrogen) atoms. The van der Waals surface area contributed by atoms with E-state index in [9.17, 15) is 4.79 Å². The molecule has 0 aliphatic carbocycles. The molecule has 3 aromatic rings. The Morgan fingerprint density at radius 2 is 1.72 bits per heavy atom. The fourth-order valence-corrected chi connectivity index (χ4v) is 3.57. The van der Waals surface area contributed by atoms with E-state index in [1.54, 1.807) is 0 Å². The molecule has 0 radical (unpaired) electrons. The van der Waals surface area contributed by atoms with Gasteiger partial charge in [-0.05, 0) is 53.2 Å². The van der Waals surface area contributed by atoms with Gasteiger partial charge in [0.15, 0.2) is 5.17 Å². The number of fused-ring (bicyclic) bond motifs is 1. The monoisotopic (exact) mass is 344 g/mol. The second kappa shape index (κ2) is 6.57. The van der Waals surface area contributed by atoms with Crippen LogP contribution in [0, 0.1) is 6.92 Å². The largest absolute Gasteiger partial charge is 0.300 e. The van der Waals surface area contributed by atoms with Crippen molar-refractivity contribution in [1.82, 2.24) is 5.32 Å². The minimum absolute atomic E-state index is 0.108. The van der Waals surface area contributed by atoms with Crippen LogP contribution in [0.15, 0.2) is 76.6 Å². The minimum atomic E-state index is -0.108. The first kappa shape index (κ1) is 15.7. The Bertz CT molecular complexity index is 1010. The van der Waals surface area contributed by atoms with E-state index < -0.39 is 0 Å². The van der Waals surface area contributed by atoms with Crippen molar-refractivity contribution in [1.29, 1.82) is 0 Å². The Morgan fingerprint density at radius 1 is 0.960 bits per heavy atom. The summed E-state index contributed by atoms with van der Waals surface area (Å²) in [6, 6.07) is 22.2. The first-order valence-electron chi connectivity index (χ1n) is 8.03. The van der Waals surface area contributed by atoms with Crippen molar-refractivity contribution in [3.8, 4) is 0 Å². The first-order chi connectivity index (χ1) is 12.2. The zero-order chi connectivity index (χ0) is 17.2. The van der Waals surface area contributed by atoms with Gasteiger partial charge in [0.1, 0.15) is 0 Å². The molecule has 4 rings (SSSR count). The number of amidine groups is 1. The lowest BCUT2D eigenvalue weighted by Gasteiger charge is -2.02. The van der Waals surface area contributed by atoms with E-state index in [-0.39, 0.29) is 5.91 Å². The maximum absolute atomic E-state index is 12.3. The summed E-state index contributed by atoms with van der Waals surface area (Å²) < 4.78 is 0. The zero-order valence-corrected chi connectivity index (χ0v) is 14.5. The third kappa shape index (κ3) is 3.35. The van der Waals surface area contributed by atoms with Crippen LogP contribution < -0.4 is 5.32 Å². The summed E-state index contributed by atoms with van der Waals surface area (Å²) in [4.78, 5) is 17.5. The van der Waals surface area contributed by atoms with Crippen LogP contribution in [0.1, 0.15) is 11.1 Å². The summed E-state index contributed by atoms with van der Waals surface area (Å²) in [7, 11) is 0. The van der Waals surface area contributed by atoms with Crippen LogP contribution in [0.2, 0.25) is 0 Å². The van der Waals surface area contributed by atoms with Crippen molar-refractivity contribution in [3.63, 3.8) is 0 Å². The number of nitrogens with one attached hydrogen (secondary N) is 1. The van der Waals surface area contributed by atoms with Crippen molar-refractivity contribution in [2.24, 2.45) is 4.99 Å². The summed E-state index contributed by atoms with van der Waals surface area (Å²) in [5.74, 6) is -0.108. The number of carbonyl (C=O) groups is 1. The van der Waals surface area contributed by atoms with Gasteiger partial charge in [0.25, 0.3) is 5.91 Å². The molecular weight excluding hydrogens is 328 g/mol. The molecule has 1 aliphatic heterocycles. The molecule has 1 aliphatic rings. The molecule has 0 saturated carbocycles. The van der Waals surface area contributed by atoms with Crippen LogP contribution >= 0.6 is 11.8 Å². The Hall–Kier alpha value is -2.85. The Morgan fingerprint density at radius 3 is 2.56 bits per heavy atom. The number of hydrogen-bond acceptors (Lipinski definition) is 3. The topological polar surface area (TPSA) is 41.5 Å². The maximum atomic E-state index is 12.3. The van der Waals surface area contributed by atoms with Gasteiger partial charge < -0.3 is 5.32 Å². The summed E-state index contributed by atoms with van der Waals surface area (Å²) in [5, 5.41) is 5.75. The van der Waals surface area contributed by atoms with Crippen LogP contribution in [-0.2, 0) is 4.79 Å². The van der Waals surface area contributed by atoms with Crippen molar-refractivity contribution >= 4 is 45.4 Å². The molecule has 1 heterocycles. The van der Waals surface area contributed by atoms with Crippen LogP contribution in [0.5, 0.6) is 0 Å². The Kier molecular flexibility index (Phi) is 4.12. The van der Waals surface area contributed by atoms with Gasteiger partial charge in [-0.15, -0.1) is 0 Å². The van der Waals surface area contributed by atoms with Gasteiger partial charge in [0.2, 0.25) is 0 Å². The molecule has 122 valence electrons. The van der Waals surface area contributed by atoms with E-state index in [0.717, 1.165) is 22.0 Å². The summed E-state index contributed by atoms with van der Waals surface area (Å²) >= 11 is 1.37. The highest BCUT2D eigenvalue weighted by Gasteiger charge is 2.23. The maximum Gasteiger partial charge on any atom is 0.264 e. The predicted octanol–water partition coefficient (Wildman–Crippen LogP) is 5.04. The molecule has 1 N–H and O–H groups in total. The van der Waals surface area contributed by atoms with Crippen molar-refractivity contribution in [2.75, 3.05) is 0 Å². The number of benzene rings is 3. The number of thioether (sulfide) groups is 1. The highest BCUT2D eigenvalue weighted by atomic mass is 32.2. The van der Waals surface area contributed by atoms with E-state index in [2.05, 4.69) is 28.5 Å². The molecule has 3 aromatic carbocycles. The van der Waals surface area contributed by atoms with E-state index in [1.165, 1.54) is 17.3 Å². The molecule has 1 amide bonds. The molecule has 0 spiro atoms. The van der Waals surface area contributed by atoms with Crippen molar-refractivity contribution in [3.05, 3.63) is 82.8 Å². The molecule has 0 atom stereocenters. The summed E-state index contributed by atoms with van der Waals surface area (Å²) in [5.41, 5.74) is 3.05. The molecule has 4 heteroatoms. The fraction of sp³-hybridized carbons (Fsp3) is 0.0476. The third-order valence-electron chi connectivity index (χ3n) is 4.03. The number of hydrogen-bond donors (Lipinski definition) is 1. The van der Waals surface area contributed by atoms with Gasteiger partial charge >= 0.3 is 0 Å². The molecule has 3 nitrogen and oxygen atoms in total. The molecule has 0 unspecified atom stereocenters. The number of carbonyl (C=O) groups excluding carboxylic acids is 1. The standard InChI is InChI=1S/C21H16N2OS/c1-14-9-11-17(12-10-14)22-21-23-20(24)19(25-21)13-16-7-4-6-15-5-2-3-8-18(15)16/h2-13H,1H3,(H,22,23,24)/b19-13+. The smallest absolute Gasteiger partial charge is 0.264 e. The molecule has 0 aromatic heterocycles. The first-order valence-corrected chi connectivity index (χ1v) is 8.85. The quantitative estimate of drug-likeness (QED) is 0.662. The second-order valence-electron chi connectivity index (χ2n) is 5.89. The number of rotatable bonds is 2. The fourth-order valence-electron chi connectivity index (χ4n) is 2.73. The SMILES string of the molecule is Cc1ccc(N=C2NC(=O)/C(=C\c3cccc4ccccc34)S2)cc1. The second-order valence-corrected chi connectivity index (χ2v) is 6.92. The Balaban J connectivity index is 1.66. The van der Waals surface area contributed by atoms with Crippen molar-refractivity contribution < 1.29 is 4.79 Å². The van der Waals surface area contributed by atoms with Gasteiger partial charge in [0, 0.05) is 0 Å². The van der Waals surface area contributed by atoms with Crippen LogP contribution in [0.4, 0.5) is 5.69 Å². The molecule has 0 bridgehead atoms. The van der Waals surface area contributed by atoms with Gasteiger partial charge in [-0.1, -0.05) is 60.2 Å². The lowest BCUT2D eigenvalue weighted by atomic mass is 10.0. The molecule has 1 fully saturated rings. The molecule has 1 saturated heterocycles. The lowest BCUT2D eigenvalue weighted by molar-refractivity contribution is -0.115. The predicted molar refractivity (Wildman–Crippen MR) is 106 cm³/mol. The van der Waals surface area contributed by atoms with Crippen LogP contribution in [-0.4, -0.2) is 11.1 Å². The number of nitrogens with zero attached hydrogens (tertiary/aromatic N) is 1. The number of amides is 1. The highest BCUT2D eigenvalue weighted by Crippen LogP contribution is 2.30. The van der Waals surface area contributed by atoms with E-state index >= 15 is 0 Å². The van der Waals surface area contributed by atoms with E-state index in [0.29, 0.717) is 10.1 Å². The van der Waals surface area contributed by atoms with E-state index in [1.807, 2.05) is 61.5 Å². The normalized spacial score (nSPS) is 17.4. The van der Waals surface area contributed by atoms with Crippen LogP contribution in [0.3, 0.4) is 0 Å². The zero-order valence-electron chi connectivity index (χ0n) is 13.7. The minimum Gasteiger partial charge on any atom is -0.300 e. The summed E-state index contributed by atoms with van der Waals surface area (Å²) in [6.45, 7) is 2.04. The van der Waals surface area contributed by atoms with Crippen molar-refractivity contribution in [2.45, 2.75) is 6.92 Å². The average molecular weight is 344 g/mol. The van der Waals surface area contributed by atoms with Gasteiger partial charge in [-0.2, -0.15) is 0 Å². The van der Waals surface area contributed by atoms with Crippen LogP contribution in [0.25, 0.3) is 16.8 Å². The van der Waals surface area contributed by atoms with Gasteiger partial charge in [-0.3, -0.25) is 4.79 Å². The molecular formula is C21H16N2OS. The van der Waals surface area contributed by atoms with E-state index in [4.69, 9.17) is 0 Å². The van der Waals surface area contributed by atoms with Gasteiger partial charge in [-0.25, -0.2) is 4.99 Å². The van der Waals surface area contributed by atoms with Gasteiger partial charge in [0.05, 0.1) is 10.6 Å².